The summed E-state index contributed by atoms with van der Waals surface area (Å²) in [5.41, 5.74) is 2.30. The molecule has 31 heavy (non-hydrogen) atoms. The summed E-state index contributed by atoms with van der Waals surface area (Å²) >= 11 is 0. The molecule has 1 aliphatic carbocycles. The van der Waals surface area contributed by atoms with Gasteiger partial charge in [-0.2, -0.15) is 0 Å². The number of nitrogens with zero attached hydrogens (tertiary/aromatic N) is 3. The number of carbonyl (C=O) groups is 1. The van der Waals surface area contributed by atoms with E-state index in [0.29, 0.717) is 31.2 Å². The Morgan fingerprint density at radius 2 is 2.10 bits per heavy atom. The van der Waals surface area contributed by atoms with Crippen LogP contribution in [-0.2, 0) is 11.3 Å². The summed E-state index contributed by atoms with van der Waals surface area (Å²) < 4.78 is 21.4. The molecule has 9 heteroatoms. The molecule has 4 rings (SSSR count). The fourth-order valence-corrected chi connectivity index (χ4v) is 3.79. The number of benzene rings is 1. The zero-order chi connectivity index (χ0) is 21.8. The zero-order valence-electron chi connectivity index (χ0n) is 17.3. The maximum Gasteiger partial charge on any atom is 0.410 e. The first-order valence-electron chi connectivity index (χ1n) is 10.6. The Kier molecular flexibility index (Phi) is 6.29. The summed E-state index contributed by atoms with van der Waals surface area (Å²) in [6, 6.07) is 8.14. The van der Waals surface area contributed by atoms with Crippen molar-refractivity contribution >= 4 is 18.2 Å². The Morgan fingerprint density at radius 3 is 2.77 bits per heavy atom. The van der Waals surface area contributed by atoms with E-state index < -0.39 is 12.3 Å². The van der Waals surface area contributed by atoms with Gasteiger partial charge in [0.2, 0.25) is 0 Å². The average molecular weight is 429 g/mol. The largest absolute Gasteiger partial charge is 0.445 e. The van der Waals surface area contributed by atoms with Gasteiger partial charge in [-0.25, -0.2) is 14.2 Å². The van der Waals surface area contributed by atoms with Gasteiger partial charge in [-0.3, -0.25) is 15.4 Å². The molecule has 2 aromatic rings. The van der Waals surface area contributed by atoms with Crippen molar-refractivity contribution in [3.05, 3.63) is 53.3 Å². The number of likely N-dealkylation sites (tertiary alicyclic amines) is 1. The van der Waals surface area contributed by atoms with Gasteiger partial charge in [-0.15, -0.1) is 0 Å². The minimum Gasteiger partial charge on any atom is -0.445 e. The molecule has 0 radical (unpaired) electrons. The second-order valence-electron chi connectivity index (χ2n) is 8.12. The topological polar surface area (TPSA) is 107 Å². The van der Waals surface area contributed by atoms with E-state index in [1.807, 2.05) is 12.1 Å². The van der Waals surface area contributed by atoms with Crippen molar-refractivity contribution in [2.24, 2.45) is 5.92 Å². The quantitative estimate of drug-likeness (QED) is 0.464. The predicted octanol–water partition coefficient (Wildman–Crippen LogP) is 3.35. The number of rotatable bonds is 7. The molecule has 2 aliphatic rings. The molecule has 0 unspecified atom stereocenters. The standard InChI is InChI=1S/C22H27FN6O2.H2/c23-19-12-28(22(30)31-13-15-1-3-16(4-2-15)17-5-6-17)9-7-18(19)11-27-21-20(25)29(14-24)10-8-26-21;/h1-4,8,10,14,17-19,24-25H,5-7,9,11-13H2,(H,26,27);1H/t18-,19-;/m1./s1. The predicted molar refractivity (Wildman–Crippen MR) is 116 cm³/mol. The third kappa shape index (κ3) is 5.10. The first-order valence-corrected chi connectivity index (χ1v) is 10.6. The molecule has 0 bridgehead atoms. The summed E-state index contributed by atoms with van der Waals surface area (Å²) in [7, 11) is 0. The lowest BCUT2D eigenvalue weighted by Gasteiger charge is -2.34. The van der Waals surface area contributed by atoms with Gasteiger partial charge < -0.3 is 15.0 Å². The Labute approximate surface area is 181 Å². The number of aromatic nitrogens is 2. The Morgan fingerprint density at radius 1 is 1.32 bits per heavy atom. The average Bonchev–Trinajstić information content (AvgIpc) is 3.63. The molecule has 166 valence electrons. The molecule has 1 saturated heterocycles. The molecule has 1 saturated carbocycles. The van der Waals surface area contributed by atoms with Crippen LogP contribution in [0.2, 0.25) is 0 Å². The number of piperidine rings is 1. The second kappa shape index (κ2) is 9.28. The van der Waals surface area contributed by atoms with E-state index >= 15 is 0 Å². The van der Waals surface area contributed by atoms with Crippen molar-refractivity contribution in [1.29, 1.82) is 10.8 Å². The van der Waals surface area contributed by atoms with Crippen LogP contribution in [0, 0.1) is 16.7 Å². The molecule has 1 aliphatic heterocycles. The van der Waals surface area contributed by atoms with E-state index in [9.17, 15) is 9.18 Å². The molecule has 0 spiro atoms. The number of alkyl halides is 1. The van der Waals surface area contributed by atoms with E-state index in [1.54, 1.807) is 0 Å². The highest BCUT2D eigenvalue weighted by molar-refractivity contribution is 5.67. The molecule has 1 amide bonds. The fraction of sp³-hybridized carbons (Fsp3) is 0.455. The normalized spacial score (nSPS) is 20.9. The van der Waals surface area contributed by atoms with Crippen LogP contribution in [0.25, 0.3) is 0 Å². The minimum absolute atomic E-state index is 0. The summed E-state index contributed by atoms with van der Waals surface area (Å²) in [4.78, 5) is 17.9. The number of anilines is 1. The van der Waals surface area contributed by atoms with Crippen LogP contribution in [0.3, 0.4) is 0 Å². The van der Waals surface area contributed by atoms with Crippen LogP contribution in [-0.4, -0.2) is 52.7 Å². The maximum absolute atomic E-state index is 14.7. The Hall–Kier alpha value is -3.23. The van der Waals surface area contributed by atoms with E-state index in [0.717, 1.165) is 11.9 Å². The van der Waals surface area contributed by atoms with Gasteiger partial charge in [-0.1, -0.05) is 24.3 Å². The molecule has 2 heterocycles. The zero-order valence-corrected chi connectivity index (χ0v) is 17.3. The van der Waals surface area contributed by atoms with E-state index in [-0.39, 0.29) is 26.0 Å². The first kappa shape index (κ1) is 21.0. The van der Waals surface area contributed by atoms with Gasteiger partial charge in [0.1, 0.15) is 12.8 Å². The fourth-order valence-electron chi connectivity index (χ4n) is 3.79. The maximum atomic E-state index is 14.7. The highest BCUT2D eigenvalue weighted by Gasteiger charge is 2.32. The second-order valence-corrected chi connectivity index (χ2v) is 8.12. The molecular weight excluding hydrogens is 399 g/mol. The van der Waals surface area contributed by atoms with Crippen LogP contribution in [0.5, 0.6) is 0 Å². The number of amides is 1. The van der Waals surface area contributed by atoms with Gasteiger partial charge in [-0.05, 0) is 36.3 Å². The first-order chi connectivity index (χ1) is 15.0. The number of nitrogens with one attached hydrogen (secondary N) is 3. The summed E-state index contributed by atoms with van der Waals surface area (Å²) in [6.07, 6.45) is 5.30. The van der Waals surface area contributed by atoms with Crippen LogP contribution in [0.4, 0.5) is 15.0 Å². The molecule has 2 atom stereocenters. The lowest BCUT2D eigenvalue weighted by molar-refractivity contribution is 0.0544. The minimum atomic E-state index is -1.20. The molecule has 8 nitrogen and oxygen atoms in total. The van der Waals surface area contributed by atoms with Gasteiger partial charge in [0.05, 0.1) is 12.9 Å². The monoisotopic (exact) mass is 428 g/mol. The molecule has 3 N–H and O–H groups in total. The van der Waals surface area contributed by atoms with Crippen molar-refractivity contribution < 1.29 is 15.3 Å². The highest BCUT2D eigenvalue weighted by Crippen LogP contribution is 2.39. The number of hydrogen-bond donors (Lipinski definition) is 3. The van der Waals surface area contributed by atoms with Crippen LogP contribution in [0.15, 0.2) is 36.7 Å². The highest BCUT2D eigenvalue weighted by atomic mass is 19.1. The SMILES string of the molecule is N=Cn1ccnc(NC[C@H]2CCN(C(=O)OCc3ccc(C4CC4)cc3)C[C@H]2F)c1=N.[HH]. The molecule has 1 aromatic heterocycles. The smallest absolute Gasteiger partial charge is 0.410 e. The van der Waals surface area contributed by atoms with Crippen molar-refractivity contribution in [2.45, 2.75) is 38.0 Å². The number of hydrogen-bond acceptors (Lipinski definition) is 6. The molecule has 1 aromatic carbocycles. The van der Waals surface area contributed by atoms with Crippen molar-refractivity contribution in [2.75, 3.05) is 25.0 Å². The van der Waals surface area contributed by atoms with Crippen LogP contribution in [0.1, 0.15) is 37.7 Å². The molecule has 2 fully saturated rings. The Bertz CT molecular complexity index is 995. The van der Waals surface area contributed by atoms with Gasteiger partial charge in [0.15, 0.2) is 11.3 Å². The van der Waals surface area contributed by atoms with E-state index in [2.05, 4.69) is 22.4 Å². The molecular formula is C22H29FN6O2. The van der Waals surface area contributed by atoms with E-state index in [4.69, 9.17) is 15.6 Å². The number of ether oxygens (including phenoxy) is 1. The van der Waals surface area contributed by atoms with Crippen molar-refractivity contribution in [1.82, 2.24) is 14.5 Å². The third-order valence-corrected chi connectivity index (χ3v) is 5.91. The van der Waals surface area contributed by atoms with Gasteiger partial charge >= 0.3 is 6.09 Å². The third-order valence-electron chi connectivity index (χ3n) is 5.91. The van der Waals surface area contributed by atoms with E-state index in [1.165, 1.54) is 40.3 Å². The van der Waals surface area contributed by atoms with Crippen molar-refractivity contribution in [3.63, 3.8) is 0 Å². The van der Waals surface area contributed by atoms with Gasteiger partial charge in [0.25, 0.3) is 0 Å². The lowest BCUT2D eigenvalue weighted by Crippen LogP contribution is -2.47. The van der Waals surface area contributed by atoms with Crippen molar-refractivity contribution in [3.8, 4) is 0 Å². The number of carbonyl (C=O) groups excluding carboxylic acids is 1. The van der Waals surface area contributed by atoms with Gasteiger partial charge in [0, 0.05) is 32.8 Å². The summed E-state index contributed by atoms with van der Waals surface area (Å²) in [5, 5.41) is 18.3. The summed E-state index contributed by atoms with van der Waals surface area (Å²) in [5.74, 6) is 0.692. The lowest BCUT2D eigenvalue weighted by atomic mass is 9.95. The van der Waals surface area contributed by atoms with Crippen LogP contribution >= 0.6 is 0 Å². The number of halogens is 1. The summed E-state index contributed by atoms with van der Waals surface area (Å²) in [6.45, 7) is 0.893. The Balaban J connectivity index is 0.00000289. The van der Waals surface area contributed by atoms with Crippen LogP contribution < -0.4 is 10.8 Å².